The molecular weight excluding hydrogens is 316 g/mol. The van der Waals surface area contributed by atoms with E-state index in [-0.39, 0.29) is 0 Å². The third-order valence-corrected chi connectivity index (χ3v) is 3.74. The summed E-state index contributed by atoms with van der Waals surface area (Å²) in [6, 6.07) is 11.9. The summed E-state index contributed by atoms with van der Waals surface area (Å²) in [4.78, 5) is 4.06. The molecule has 0 aliphatic carbocycles. The summed E-state index contributed by atoms with van der Waals surface area (Å²) in [5.41, 5.74) is 2.25. The molecule has 2 heterocycles. The number of rotatable bonds is 8. The van der Waals surface area contributed by atoms with Crippen LogP contribution in [0.3, 0.4) is 0 Å². The van der Waals surface area contributed by atoms with Crippen LogP contribution in [-0.2, 0) is 17.8 Å². The van der Waals surface area contributed by atoms with E-state index in [4.69, 9.17) is 9.47 Å². The molecule has 0 spiro atoms. The lowest BCUT2D eigenvalue weighted by atomic mass is 10.1. The molecule has 0 amide bonds. The van der Waals surface area contributed by atoms with Gasteiger partial charge in [0, 0.05) is 32.1 Å². The van der Waals surface area contributed by atoms with Crippen LogP contribution in [0.4, 0.5) is 5.82 Å². The van der Waals surface area contributed by atoms with Crippen LogP contribution in [0.15, 0.2) is 55.0 Å². The fourth-order valence-corrected chi connectivity index (χ4v) is 2.43. The van der Waals surface area contributed by atoms with E-state index < -0.39 is 0 Å². The number of pyridine rings is 1. The lowest BCUT2D eigenvalue weighted by Crippen LogP contribution is -2.06. The average Bonchev–Trinajstić information content (AvgIpc) is 3.09. The van der Waals surface area contributed by atoms with Gasteiger partial charge in [0.05, 0.1) is 19.3 Å². The van der Waals surface area contributed by atoms with E-state index in [1.54, 1.807) is 19.5 Å². The van der Waals surface area contributed by atoms with Crippen LogP contribution in [0.2, 0.25) is 0 Å². The van der Waals surface area contributed by atoms with Crippen LogP contribution in [-0.4, -0.2) is 28.5 Å². The van der Waals surface area contributed by atoms with Crippen LogP contribution in [0, 0.1) is 6.92 Å². The topological polar surface area (TPSA) is 61.2 Å². The van der Waals surface area contributed by atoms with Crippen molar-refractivity contribution in [3.8, 4) is 11.5 Å². The lowest BCUT2D eigenvalue weighted by molar-refractivity contribution is 0.183. The molecule has 3 rings (SSSR count). The van der Waals surface area contributed by atoms with Gasteiger partial charge in [-0.25, -0.2) is 0 Å². The van der Waals surface area contributed by atoms with Gasteiger partial charge in [0.25, 0.3) is 0 Å². The fourth-order valence-electron chi connectivity index (χ4n) is 2.43. The minimum Gasteiger partial charge on any atom is -0.455 e. The maximum absolute atomic E-state index is 5.86. The first-order valence-electron chi connectivity index (χ1n) is 8.18. The van der Waals surface area contributed by atoms with Crippen LogP contribution in [0.25, 0.3) is 0 Å². The largest absolute Gasteiger partial charge is 0.455 e. The highest BCUT2D eigenvalue weighted by Gasteiger charge is 2.04. The van der Waals surface area contributed by atoms with Crippen LogP contribution < -0.4 is 10.1 Å². The summed E-state index contributed by atoms with van der Waals surface area (Å²) < 4.78 is 12.8. The molecule has 0 unspecified atom stereocenters. The van der Waals surface area contributed by atoms with E-state index >= 15 is 0 Å². The Bertz CT molecular complexity index is 802. The van der Waals surface area contributed by atoms with Crippen molar-refractivity contribution in [1.29, 1.82) is 0 Å². The summed E-state index contributed by atoms with van der Waals surface area (Å²) in [6.45, 7) is 4.14. The predicted molar refractivity (Wildman–Crippen MR) is 96.9 cm³/mol. The van der Waals surface area contributed by atoms with Gasteiger partial charge in [0.15, 0.2) is 0 Å². The Morgan fingerprint density at radius 1 is 1.20 bits per heavy atom. The van der Waals surface area contributed by atoms with Crippen LogP contribution >= 0.6 is 0 Å². The van der Waals surface area contributed by atoms with Crippen LogP contribution in [0.5, 0.6) is 11.5 Å². The van der Waals surface area contributed by atoms with Gasteiger partial charge in [0.1, 0.15) is 17.3 Å². The van der Waals surface area contributed by atoms with Crippen molar-refractivity contribution < 1.29 is 9.47 Å². The number of aromatic nitrogens is 3. The number of anilines is 1. The van der Waals surface area contributed by atoms with Gasteiger partial charge in [-0.05, 0) is 36.2 Å². The number of benzene rings is 1. The Hall–Kier alpha value is -2.86. The Balaban J connectivity index is 1.58. The number of nitrogens with zero attached hydrogens (tertiary/aromatic N) is 3. The highest BCUT2D eigenvalue weighted by atomic mass is 16.5. The zero-order valence-electron chi connectivity index (χ0n) is 14.5. The Kier molecular flexibility index (Phi) is 5.64. The highest BCUT2D eigenvalue weighted by molar-refractivity contribution is 5.41. The monoisotopic (exact) mass is 338 g/mol. The van der Waals surface area contributed by atoms with Crippen molar-refractivity contribution in [3.63, 3.8) is 0 Å². The molecular formula is C19H22N4O2. The minimum absolute atomic E-state index is 0.651. The molecule has 0 fully saturated rings. The van der Waals surface area contributed by atoms with E-state index in [0.29, 0.717) is 13.2 Å². The Morgan fingerprint density at radius 3 is 2.88 bits per heavy atom. The molecule has 0 bridgehead atoms. The first kappa shape index (κ1) is 17.0. The fraction of sp³-hybridized carbons (Fsp3) is 0.263. The standard InChI is InChI=1S/C19H22N4O2/c1-15-12-16(5-6-18(15)25-17-4-3-8-20-14-17)13-21-19-7-9-23(22-19)10-11-24-2/h3-9,12,14H,10-11,13H2,1-2H3,(H,21,22). The molecule has 6 heteroatoms. The molecule has 0 radical (unpaired) electrons. The maximum Gasteiger partial charge on any atom is 0.148 e. The van der Waals surface area contributed by atoms with Crippen molar-refractivity contribution in [1.82, 2.24) is 14.8 Å². The summed E-state index contributed by atoms with van der Waals surface area (Å²) in [5.74, 6) is 2.42. The van der Waals surface area contributed by atoms with Crippen molar-refractivity contribution in [2.45, 2.75) is 20.0 Å². The third-order valence-electron chi connectivity index (χ3n) is 3.74. The molecule has 130 valence electrons. The number of methoxy groups -OCH3 is 1. The van der Waals surface area contributed by atoms with E-state index in [0.717, 1.165) is 29.4 Å². The normalized spacial score (nSPS) is 10.6. The van der Waals surface area contributed by atoms with E-state index in [2.05, 4.69) is 21.5 Å². The first-order valence-corrected chi connectivity index (χ1v) is 8.18. The molecule has 0 aliphatic rings. The van der Waals surface area contributed by atoms with Crippen molar-refractivity contribution >= 4 is 5.82 Å². The molecule has 3 aromatic rings. The van der Waals surface area contributed by atoms with Gasteiger partial charge >= 0.3 is 0 Å². The molecule has 0 atom stereocenters. The average molecular weight is 338 g/mol. The summed E-state index contributed by atoms with van der Waals surface area (Å²) in [6.07, 6.45) is 5.37. The molecule has 1 N–H and O–H groups in total. The van der Waals surface area contributed by atoms with Gasteiger partial charge in [-0.3, -0.25) is 9.67 Å². The lowest BCUT2D eigenvalue weighted by Gasteiger charge is -2.10. The molecule has 0 saturated heterocycles. The molecule has 0 saturated carbocycles. The molecule has 1 aromatic carbocycles. The number of nitrogens with one attached hydrogen (secondary N) is 1. The first-order chi connectivity index (χ1) is 12.2. The zero-order valence-corrected chi connectivity index (χ0v) is 14.5. The third kappa shape index (κ3) is 4.81. The molecule has 0 aliphatic heterocycles. The number of aryl methyl sites for hydroxylation is 1. The molecule has 6 nitrogen and oxygen atoms in total. The van der Waals surface area contributed by atoms with E-state index in [9.17, 15) is 0 Å². The van der Waals surface area contributed by atoms with Gasteiger partial charge < -0.3 is 14.8 Å². The highest BCUT2D eigenvalue weighted by Crippen LogP contribution is 2.25. The van der Waals surface area contributed by atoms with Gasteiger partial charge in [-0.1, -0.05) is 12.1 Å². The molecule has 2 aromatic heterocycles. The van der Waals surface area contributed by atoms with Crippen LogP contribution in [0.1, 0.15) is 11.1 Å². The smallest absolute Gasteiger partial charge is 0.148 e. The Morgan fingerprint density at radius 2 is 2.12 bits per heavy atom. The Labute approximate surface area is 147 Å². The van der Waals surface area contributed by atoms with E-state index in [1.165, 1.54) is 5.56 Å². The second-order valence-corrected chi connectivity index (χ2v) is 5.70. The van der Waals surface area contributed by atoms with Crippen molar-refractivity contribution in [2.24, 2.45) is 0 Å². The number of hydrogen-bond donors (Lipinski definition) is 1. The van der Waals surface area contributed by atoms with Gasteiger partial charge in [-0.2, -0.15) is 5.10 Å². The van der Waals surface area contributed by atoms with Gasteiger partial charge in [-0.15, -0.1) is 0 Å². The summed E-state index contributed by atoms with van der Waals surface area (Å²) >= 11 is 0. The second-order valence-electron chi connectivity index (χ2n) is 5.70. The SMILES string of the molecule is COCCn1ccc(NCc2ccc(Oc3cccnc3)c(C)c2)n1. The van der Waals surface area contributed by atoms with Gasteiger partial charge in [0.2, 0.25) is 0 Å². The summed E-state index contributed by atoms with van der Waals surface area (Å²) in [5, 5.41) is 7.78. The summed E-state index contributed by atoms with van der Waals surface area (Å²) in [7, 11) is 1.69. The maximum atomic E-state index is 5.86. The predicted octanol–water partition coefficient (Wildman–Crippen LogP) is 3.64. The number of hydrogen-bond acceptors (Lipinski definition) is 5. The van der Waals surface area contributed by atoms with Crippen molar-refractivity contribution in [3.05, 3.63) is 66.1 Å². The van der Waals surface area contributed by atoms with E-state index in [1.807, 2.05) is 48.1 Å². The number of ether oxygens (including phenoxy) is 2. The quantitative estimate of drug-likeness (QED) is 0.679. The zero-order chi connectivity index (χ0) is 17.5. The minimum atomic E-state index is 0.651. The molecule has 25 heavy (non-hydrogen) atoms. The second kappa shape index (κ2) is 8.30. The van der Waals surface area contributed by atoms with Crippen molar-refractivity contribution in [2.75, 3.05) is 19.0 Å².